The van der Waals surface area contributed by atoms with Gasteiger partial charge >= 0.3 is 6.03 Å². The Morgan fingerprint density at radius 3 is 2.50 bits per heavy atom. The van der Waals surface area contributed by atoms with Crippen LogP contribution in [0.15, 0.2) is 46.9 Å². The normalized spacial score (nSPS) is 20.9. The van der Waals surface area contributed by atoms with Gasteiger partial charge in [0.1, 0.15) is 18.8 Å². The van der Waals surface area contributed by atoms with E-state index in [0.717, 1.165) is 9.37 Å². The number of urea groups is 1. The van der Waals surface area contributed by atoms with Crippen molar-refractivity contribution in [2.75, 3.05) is 19.8 Å². The Morgan fingerprint density at radius 2 is 1.79 bits per heavy atom. The summed E-state index contributed by atoms with van der Waals surface area (Å²) in [7, 11) is 0. The molecule has 2 aliphatic rings. The summed E-state index contributed by atoms with van der Waals surface area (Å²) in [5, 5.41) is 2.70. The van der Waals surface area contributed by atoms with Crippen molar-refractivity contribution >= 4 is 33.7 Å². The first kappa shape index (κ1) is 18.5. The number of carbonyl (C=O) groups excluding carboxylic acids is 3. The zero-order valence-corrected chi connectivity index (χ0v) is 16.6. The first-order valence-electron chi connectivity index (χ1n) is 8.71. The molecule has 8 heteroatoms. The third kappa shape index (κ3) is 3.13. The molecule has 0 spiro atoms. The number of hydrogen-bond donors (Lipinski definition) is 1. The number of carbonyl (C=O) groups is 3. The number of fused-ring (bicyclic) bond motifs is 1. The Morgan fingerprint density at radius 1 is 1.11 bits per heavy atom. The van der Waals surface area contributed by atoms with Gasteiger partial charge in [0.2, 0.25) is 0 Å². The number of ether oxygens (including phenoxy) is 2. The molecule has 1 N–H and O–H groups in total. The van der Waals surface area contributed by atoms with Crippen LogP contribution in [0.4, 0.5) is 4.79 Å². The first-order valence-corrected chi connectivity index (χ1v) is 9.51. The molecule has 4 rings (SSSR count). The molecule has 2 aromatic carbocycles. The number of ketones is 1. The summed E-state index contributed by atoms with van der Waals surface area (Å²) in [5.41, 5.74) is -0.294. The van der Waals surface area contributed by atoms with Gasteiger partial charge in [0, 0.05) is 10.0 Å². The Kier molecular flexibility index (Phi) is 4.58. The summed E-state index contributed by atoms with van der Waals surface area (Å²) in [6.07, 6.45) is 0. The van der Waals surface area contributed by atoms with Crippen molar-refractivity contribution in [3.8, 4) is 11.5 Å². The van der Waals surface area contributed by atoms with Crippen molar-refractivity contribution < 1.29 is 23.9 Å². The number of Topliss-reactive ketones (excluding diaryl/α,β-unsaturated/α-hetero) is 1. The number of benzene rings is 2. The topological polar surface area (TPSA) is 84.9 Å². The molecule has 0 aromatic heterocycles. The lowest BCUT2D eigenvalue weighted by Crippen LogP contribution is -2.41. The van der Waals surface area contributed by atoms with E-state index in [1.165, 1.54) is 0 Å². The Bertz CT molecular complexity index is 975. The van der Waals surface area contributed by atoms with Gasteiger partial charge in [-0.15, -0.1) is 0 Å². The van der Waals surface area contributed by atoms with Crippen LogP contribution in [0.25, 0.3) is 0 Å². The van der Waals surface area contributed by atoms with Gasteiger partial charge in [-0.2, -0.15) is 0 Å². The fourth-order valence-corrected chi connectivity index (χ4v) is 3.53. The maximum Gasteiger partial charge on any atom is 0.325 e. The minimum absolute atomic E-state index is 0.317. The van der Waals surface area contributed by atoms with Gasteiger partial charge in [0.25, 0.3) is 5.91 Å². The molecule has 2 heterocycles. The SMILES string of the molecule is CC1(c2ccc3c(c2)OCCO3)NC(=O)N(CC(=O)c2ccc(Br)cc2)C1=O. The van der Waals surface area contributed by atoms with Crippen LogP contribution in [0.2, 0.25) is 0 Å². The molecule has 28 heavy (non-hydrogen) atoms. The lowest BCUT2D eigenvalue weighted by atomic mass is 9.91. The molecule has 2 aromatic rings. The van der Waals surface area contributed by atoms with E-state index in [4.69, 9.17) is 9.47 Å². The monoisotopic (exact) mass is 444 g/mol. The second-order valence-electron chi connectivity index (χ2n) is 6.73. The largest absolute Gasteiger partial charge is 0.486 e. The second-order valence-corrected chi connectivity index (χ2v) is 7.65. The highest BCUT2D eigenvalue weighted by Gasteiger charge is 2.49. The summed E-state index contributed by atoms with van der Waals surface area (Å²) in [6, 6.07) is 11.3. The number of imide groups is 1. The van der Waals surface area contributed by atoms with Gasteiger partial charge < -0.3 is 14.8 Å². The smallest absolute Gasteiger partial charge is 0.325 e. The van der Waals surface area contributed by atoms with Crippen molar-refractivity contribution in [1.82, 2.24) is 10.2 Å². The highest BCUT2D eigenvalue weighted by Crippen LogP contribution is 2.36. The number of nitrogens with zero attached hydrogens (tertiary/aromatic N) is 1. The van der Waals surface area contributed by atoms with E-state index in [1.54, 1.807) is 49.4 Å². The molecule has 0 bridgehead atoms. The lowest BCUT2D eigenvalue weighted by Gasteiger charge is -2.25. The molecule has 144 valence electrons. The molecule has 1 saturated heterocycles. The van der Waals surface area contributed by atoms with Gasteiger partial charge in [-0.25, -0.2) is 4.79 Å². The van der Waals surface area contributed by atoms with Crippen LogP contribution < -0.4 is 14.8 Å². The van der Waals surface area contributed by atoms with E-state index < -0.39 is 17.5 Å². The van der Waals surface area contributed by atoms with Gasteiger partial charge in [-0.05, 0) is 36.8 Å². The van der Waals surface area contributed by atoms with Crippen molar-refractivity contribution in [3.05, 3.63) is 58.1 Å². The van der Waals surface area contributed by atoms with Gasteiger partial charge in [-0.1, -0.05) is 34.1 Å². The highest BCUT2D eigenvalue weighted by atomic mass is 79.9. The van der Waals surface area contributed by atoms with E-state index in [1.807, 2.05) is 0 Å². The molecule has 3 amide bonds. The number of amides is 3. The molecule has 0 saturated carbocycles. The summed E-state index contributed by atoms with van der Waals surface area (Å²) >= 11 is 3.31. The lowest BCUT2D eigenvalue weighted by molar-refractivity contribution is -0.130. The zero-order chi connectivity index (χ0) is 19.9. The van der Waals surface area contributed by atoms with Crippen molar-refractivity contribution in [2.24, 2.45) is 0 Å². The average molecular weight is 445 g/mol. The Hall–Kier alpha value is -2.87. The maximum atomic E-state index is 13.0. The predicted octanol–water partition coefficient (Wildman–Crippen LogP) is 2.87. The van der Waals surface area contributed by atoms with E-state index >= 15 is 0 Å². The zero-order valence-electron chi connectivity index (χ0n) is 15.0. The Labute approximate surface area is 169 Å². The van der Waals surface area contributed by atoms with E-state index in [0.29, 0.717) is 35.8 Å². The minimum Gasteiger partial charge on any atom is -0.486 e. The average Bonchev–Trinajstić information content (AvgIpc) is 2.92. The van der Waals surface area contributed by atoms with Crippen LogP contribution in [0.3, 0.4) is 0 Å². The summed E-state index contributed by atoms with van der Waals surface area (Å²) in [4.78, 5) is 39.0. The predicted molar refractivity (Wildman–Crippen MR) is 104 cm³/mol. The Balaban J connectivity index is 1.57. The van der Waals surface area contributed by atoms with E-state index in [-0.39, 0.29) is 12.3 Å². The van der Waals surface area contributed by atoms with Gasteiger partial charge in [0.15, 0.2) is 17.3 Å². The van der Waals surface area contributed by atoms with Crippen molar-refractivity contribution in [2.45, 2.75) is 12.5 Å². The third-order valence-electron chi connectivity index (χ3n) is 4.86. The van der Waals surface area contributed by atoms with Crippen LogP contribution in [-0.4, -0.2) is 42.4 Å². The maximum absolute atomic E-state index is 13.0. The van der Waals surface area contributed by atoms with Gasteiger partial charge in [0.05, 0.1) is 6.54 Å². The van der Waals surface area contributed by atoms with Gasteiger partial charge in [-0.3, -0.25) is 14.5 Å². The summed E-state index contributed by atoms with van der Waals surface area (Å²) in [6.45, 7) is 2.17. The minimum atomic E-state index is -1.28. The first-order chi connectivity index (χ1) is 13.4. The van der Waals surface area contributed by atoms with E-state index in [9.17, 15) is 14.4 Å². The fourth-order valence-electron chi connectivity index (χ4n) is 3.26. The number of halogens is 1. The second kappa shape index (κ2) is 6.94. The molecule has 1 unspecified atom stereocenters. The molecule has 1 atom stereocenters. The molecule has 0 radical (unpaired) electrons. The number of hydrogen-bond acceptors (Lipinski definition) is 5. The molecule has 2 aliphatic heterocycles. The summed E-state index contributed by atoms with van der Waals surface area (Å²) < 4.78 is 11.9. The van der Waals surface area contributed by atoms with Crippen LogP contribution in [0, 0.1) is 0 Å². The standard InChI is InChI=1S/C20H17BrN2O5/c1-20(13-4-7-16-17(10-13)28-9-8-27-16)18(25)23(19(26)22-20)11-15(24)12-2-5-14(21)6-3-12/h2-7,10H,8-9,11H2,1H3,(H,22,26). The summed E-state index contributed by atoms with van der Waals surface area (Å²) in [5.74, 6) is 0.316. The number of rotatable bonds is 4. The van der Waals surface area contributed by atoms with Crippen LogP contribution in [-0.2, 0) is 10.3 Å². The van der Waals surface area contributed by atoms with Crippen LogP contribution >= 0.6 is 15.9 Å². The van der Waals surface area contributed by atoms with Crippen LogP contribution in [0.1, 0.15) is 22.8 Å². The molecule has 7 nitrogen and oxygen atoms in total. The molecular formula is C20H17BrN2O5. The van der Waals surface area contributed by atoms with Crippen molar-refractivity contribution in [3.63, 3.8) is 0 Å². The van der Waals surface area contributed by atoms with E-state index in [2.05, 4.69) is 21.2 Å². The molecule has 1 fully saturated rings. The molecular weight excluding hydrogens is 428 g/mol. The van der Waals surface area contributed by atoms with Crippen molar-refractivity contribution in [1.29, 1.82) is 0 Å². The fraction of sp³-hybridized carbons (Fsp3) is 0.250. The van der Waals surface area contributed by atoms with Crippen LogP contribution in [0.5, 0.6) is 11.5 Å². The quantitative estimate of drug-likeness (QED) is 0.578. The number of nitrogens with one attached hydrogen (secondary N) is 1. The molecule has 0 aliphatic carbocycles. The third-order valence-corrected chi connectivity index (χ3v) is 5.39. The highest BCUT2D eigenvalue weighted by molar-refractivity contribution is 9.10.